The molecule has 1 aromatic rings. The smallest absolute Gasteiger partial charge is 0.273 e. The number of thiazole rings is 1. The molecule has 94 valence electrons. The van der Waals surface area contributed by atoms with E-state index in [-0.39, 0.29) is 18.3 Å². The summed E-state index contributed by atoms with van der Waals surface area (Å²) in [6, 6.07) is 0. The molecular formula is C11H16ClN3OS. The Morgan fingerprint density at radius 1 is 1.47 bits per heavy atom. The van der Waals surface area contributed by atoms with Crippen molar-refractivity contribution in [2.75, 3.05) is 13.1 Å². The molecule has 1 rings (SSSR count). The van der Waals surface area contributed by atoms with Gasteiger partial charge in [0.25, 0.3) is 5.91 Å². The van der Waals surface area contributed by atoms with Crippen molar-refractivity contribution in [1.82, 2.24) is 9.88 Å². The molecule has 1 aromatic heterocycles. The second kappa shape index (κ2) is 8.00. The van der Waals surface area contributed by atoms with Gasteiger partial charge in [0.05, 0.1) is 0 Å². The SMILES string of the molecule is C=CCN(CC=C)C(=O)c1csc(CN)n1.Cl. The van der Waals surface area contributed by atoms with Crippen LogP contribution in [0.4, 0.5) is 0 Å². The van der Waals surface area contributed by atoms with E-state index in [1.807, 2.05) is 0 Å². The summed E-state index contributed by atoms with van der Waals surface area (Å²) >= 11 is 1.40. The first kappa shape index (κ1) is 15.8. The van der Waals surface area contributed by atoms with Crippen molar-refractivity contribution in [3.05, 3.63) is 41.4 Å². The molecule has 0 radical (unpaired) electrons. The number of aromatic nitrogens is 1. The second-order valence-electron chi connectivity index (χ2n) is 3.12. The van der Waals surface area contributed by atoms with Crippen LogP contribution in [0.2, 0.25) is 0 Å². The molecule has 1 amide bonds. The molecule has 4 nitrogen and oxygen atoms in total. The molecule has 0 aliphatic carbocycles. The van der Waals surface area contributed by atoms with E-state index < -0.39 is 0 Å². The van der Waals surface area contributed by atoms with Gasteiger partial charge in [0.1, 0.15) is 10.7 Å². The Bertz CT molecular complexity index is 382. The Balaban J connectivity index is 0.00000256. The van der Waals surface area contributed by atoms with Gasteiger partial charge in [-0.1, -0.05) is 12.2 Å². The Hall–Kier alpha value is -1.17. The zero-order valence-corrected chi connectivity index (χ0v) is 11.1. The van der Waals surface area contributed by atoms with E-state index in [4.69, 9.17) is 5.73 Å². The number of carbonyl (C=O) groups is 1. The summed E-state index contributed by atoms with van der Waals surface area (Å²) in [5.41, 5.74) is 5.89. The number of rotatable bonds is 6. The first-order valence-corrected chi connectivity index (χ1v) is 5.76. The average molecular weight is 274 g/mol. The van der Waals surface area contributed by atoms with Crippen LogP contribution in [0.25, 0.3) is 0 Å². The summed E-state index contributed by atoms with van der Waals surface area (Å²) in [5, 5.41) is 2.49. The van der Waals surface area contributed by atoms with E-state index in [9.17, 15) is 4.79 Å². The molecule has 0 unspecified atom stereocenters. The van der Waals surface area contributed by atoms with Gasteiger partial charge in [0.2, 0.25) is 0 Å². The monoisotopic (exact) mass is 273 g/mol. The fraction of sp³-hybridized carbons (Fsp3) is 0.273. The molecule has 17 heavy (non-hydrogen) atoms. The van der Waals surface area contributed by atoms with Crippen LogP contribution in [-0.2, 0) is 6.54 Å². The number of carbonyl (C=O) groups excluding carboxylic acids is 1. The average Bonchev–Trinajstić information content (AvgIpc) is 2.76. The highest BCUT2D eigenvalue weighted by molar-refractivity contribution is 7.09. The van der Waals surface area contributed by atoms with Crippen LogP contribution in [0.15, 0.2) is 30.7 Å². The predicted octanol–water partition coefficient (Wildman–Crippen LogP) is 1.84. The maximum Gasteiger partial charge on any atom is 0.273 e. The topological polar surface area (TPSA) is 59.2 Å². The molecule has 0 atom stereocenters. The highest BCUT2D eigenvalue weighted by Crippen LogP contribution is 2.11. The third-order valence-electron chi connectivity index (χ3n) is 1.93. The Kier molecular flexibility index (Phi) is 7.45. The lowest BCUT2D eigenvalue weighted by molar-refractivity contribution is 0.0785. The van der Waals surface area contributed by atoms with E-state index >= 15 is 0 Å². The van der Waals surface area contributed by atoms with Gasteiger partial charge in [-0.2, -0.15) is 0 Å². The molecule has 0 aliphatic heterocycles. The van der Waals surface area contributed by atoms with Gasteiger partial charge in [-0.25, -0.2) is 4.98 Å². The Morgan fingerprint density at radius 3 is 2.47 bits per heavy atom. The Morgan fingerprint density at radius 2 is 2.06 bits per heavy atom. The molecule has 1 heterocycles. The van der Waals surface area contributed by atoms with Crippen LogP contribution in [0.5, 0.6) is 0 Å². The van der Waals surface area contributed by atoms with Gasteiger partial charge < -0.3 is 10.6 Å². The molecular weight excluding hydrogens is 258 g/mol. The van der Waals surface area contributed by atoms with E-state index in [0.29, 0.717) is 25.3 Å². The number of hydrogen-bond donors (Lipinski definition) is 1. The fourth-order valence-corrected chi connectivity index (χ4v) is 1.87. The van der Waals surface area contributed by atoms with Gasteiger partial charge in [-0.05, 0) is 0 Å². The van der Waals surface area contributed by atoms with Crippen LogP contribution in [0, 0.1) is 0 Å². The fourth-order valence-electron chi connectivity index (χ4n) is 1.22. The lowest BCUT2D eigenvalue weighted by Gasteiger charge is -2.17. The van der Waals surface area contributed by atoms with Crippen molar-refractivity contribution >= 4 is 29.7 Å². The lowest BCUT2D eigenvalue weighted by Crippen LogP contribution is -2.31. The molecule has 0 aromatic carbocycles. The molecule has 0 bridgehead atoms. The van der Waals surface area contributed by atoms with Crippen LogP contribution < -0.4 is 5.73 Å². The van der Waals surface area contributed by atoms with E-state index in [1.54, 1.807) is 22.4 Å². The highest BCUT2D eigenvalue weighted by atomic mass is 35.5. The van der Waals surface area contributed by atoms with E-state index in [1.165, 1.54) is 11.3 Å². The summed E-state index contributed by atoms with van der Waals surface area (Å²) in [4.78, 5) is 17.8. The number of nitrogens with zero attached hydrogens (tertiary/aromatic N) is 2. The van der Waals surface area contributed by atoms with Gasteiger partial charge in [-0.3, -0.25) is 4.79 Å². The second-order valence-corrected chi connectivity index (χ2v) is 4.06. The first-order chi connectivity index (χ1) is 7.72. The van der Waals surface area contributed by atoms with E-state index in [0.717, 1.165) is 5.01 Å². The normalized spacial score (nSPS) is 9.24. The van der Waals surface area contributed by atoms with Crippen molar-refractivity contribution in [2.24, 2.45) is 5.73 Å². The molecule has 0 saturated carbocycles. The van der Waals surface area contributed by atoms with Crippen LogP contribution in [0.1, 0.15) is 15.5 Å². The molecule has 2 N–H and O–H groups in total. The Labute approximate surface area is 111 Å². The summed E-state index contributed by atoms with van der Waals surface area (Å²) in [6.07, 6.45) is 3.36. The third kappa shape index (κ3) is 4.30. The molecule has 6 heteroatoms. The minimum atomic E-state index is -0.115. The van der Waals surface area contributed by atoms with Gasteiger partial charge in [0.15, 0.2) is 0 Å². The van der Waals surface area contributed by atoms with Crippen molar-refractivity contribution in [3.63, 3.8) is 0 Å². The van der Waals surface area contributed by atoms with Crippen molar-refractivity contribution < 1.29 is 4.79 Å². The zero-order chi connectivity index (χ0) is 12.0. The largest absolute Gasteiger partial charge is 0.330 e. The molecule has 0 fully saturated rings. The summed E-state index contributed by atoms with van der Waals surface area (Å²) < 4.78 is 0. The number of hydrogen-bond acceptors (Lipinski definition) is 4. The molecule has 0 spiro atoms. The van der Waals surface area contributed by atoms with Crippen molar-refractivity contribution in [1.29, 1.82) is 0 Å². The van der Waals surface area contributed by atoms with Gasteiger partial charge in [-0.15, -0.1) is 36.9 Å². The number of amides is 1. The maximum atomic E-state index is 12.0. The zero-order valence-electron chi connectivity index (χ0n) is 9.46. The maximum absolute atomic E-state index is 12.0. The van der Waals surface area contributed by atoms with Crippen LogP contribution in [-0.4, -0.2) is 28.9 Å². The third-order valence-corrected chi connectivity index (χ3v) is 2.80. The van der Waals surface area contributed by atoms with Crippen LogP contribution in [0.3, 0.4) is 0 Å². The highest BCUT2D eigenvalue weighted by Gasteiger charge is 2.16. The minimum Gasteiger partial charge on any atom is -0.330 e. The number of nitrogens with two attached hydrogens (primary N) is 1. The first-order valence-electron chi connectivity index (χ1n) is 4.88. The predicted molar refractivity (Wildman–Crippen MR) is 73.6 cm³/mol. The minimum absolute atomic E-state index is 0. The standard InChI is InChI=1S/C11H15N3OS.ClH/c1-3-5-14(6-4-2)11(15)9-8-16-10(7-12)13-9;/h3-4,8H,1-2,5-7,12H2;1H. The molecule has 0 saturated heterocycles. The van der Waals surface area contributed by atoms with Crippen molar-refractivity contribution in [3.8, 4) is 0 Å². The summed E-state index contributed by atoms with van der Waals surface area (Å²) in [7, 11) is 0. The number of halogens is 1. The van der Waals surface area contributed by atoms with E-state index in [2.05, 4.69) is 18.1 Å². The van der Waals surface area contributed by atoms with Gasteiger partial charge >= 0.3 is 0 Å². The van der Waals surface area contributed by atoms with Crippen LogP contribution >= 0.6 is 23.7 Å². The van der Waals surface area contributed by atoms with Crippen molar-refractivity contribution in [2.45, 2.75) is 6.54 Å². The quantitative estimate of drug-likeness (QED) is 0.805. The summed E-state index contributed by atoms with van der Waals surface area (Å²) in [5.74, 6) is -0.115. The van der Waals surface area contributed by atoms with Gasteiger partial charge in [0, 0.05) is 25.0 Å². The molecule has 0 aliphatic rings. The lowest BCUT2D eigenvalue weighted by atomic mass is 10.3. The summed E-state index contributed by atoms with van der Waals surface area (Å²) in [6.45, 7) is 8.56.